The Kier molecular flexibility index (Phi) is 3.42. The number of allylic oxidation sites excluding steroid dienone is 1. The number of aromatic nitrogens is 1. The molecule has 0 atom stereocenters. The van der Waals surface area contributed by atoms with Crippen molar-refractivity contribution in [1.82, 2.24) is 4.98 Å². The molecule has 2 aromatic rings. The van der Waals surface area contributed by atoms with Gasteiger partial charge in [-0.1, -0.05) is 23.8 Å². The largest absolute Gasteiger partial charge is 0.380 e. The topological polar surface area (TPSA) is 24.9 Å². The van der Waals surface area contributed by atoms with Crippen LogP contribution >= 0.6 is 11.6 Å². The van der Waals surface area contributed by atoms with E-state index in [1.807, 2.05) is 37.3 Å². The fourth-order valence-electron chi connectivity index (χ4n) is 1.57. The number of rotatable bonds is 3. The number of nitrogens with zero attached hydrogens (tertiary/aromatic N) is 1. The lowest BCUT2D eigenvalue weighted by Gasteiger charge is -2.07. The average Bonchev–Trinajstić information content (AvgIpc) is 2.33. The van der Waals surface area contributed by atoms with Crippen LogP contribution in [0.3, 0.4) is 0 Å². The number of nitrogens with one attached hydrogen (secondary N) is 1. The summed E-state index contributed by atoms with van der Waals surface area (Å²) in [4.78, 5) is 4.35. The Morgan fingerprint density at radius 3 is 3.06 bits per heavy atom. The Bertz CT molecular complexity index is 520. The van der Waals surface area contributed by atoms with Crippen molar-refractivity contribution in [2.75, 3.05) is 11.9 Å². The molecule has 1 heterocycles. The van der Waals surface area contributed by atoms with Gasteiger partial charge in [-0.25, -0.2) is 0 Å². The fourth-order valence-corrected chi connectivity index (χ4v) is 1.78. The van der Waals surface area contributed by atoms with E-state index in [0.717, 1.165) is 28.2 Å². The summed E-state index contributed by atoms with van der Waals surface area (Å²) in [6.07, 6.45) is 5.85. The van der Waals surface area contributed by atoms with Crippen LogP contribution < -0.4 is 5.32 Å². The molecule has 0 unspecified atom stereocenters. The Morgan fingerprint density at radius 1 is 1.38 bits per heavy atom. The number of halogens is 1. The first-order chi connectivity index (χ1) is 7.83. The number of benzene rings is 1. The van der Waals surface area contributed by atoms with Gasteiger partial charge in [-0.2, -0.15) is 0 Å². The van der Waals surface area contributed by atoms with Gasteiger partial charge in [0.05, 0.1) is 16.2 Å². The molecule has 0 bridgehead atoms. The van der Waals surface area contributed by atoms with E-state index >= 15 is 0 Å². The van der Waals surface area contributed by atoms with Crippen LogP contribution in [0.5, 0.6) is 0 Å². The van der Waals surface area contributed by atoms with Crippen LogP contribution in [-0.4, -0.2) is 11.5 Å². The van der Waals surface area contributed by atoms with E-state index in [9.17, 15) is 0 Å². The molecule has 0 aliphatic rings. The third kappa shape index (κ3) is 2.17. The predicted octanol–water partition coefficient (Wildman–Crippen LogP) is 3.88. The molecule has 0 fully saturated rings. The minimum Gasteiger partial charge on any atom is -0.380 e. The summed E-state index contributed by atoms with van der Waals surface area (Å²) >= 11 is 6.11. The fraction of sp³-hybridized carbons (Fsp3) is 0.154. The lowest BCUT2D eigenvalue weighted by molar-refractivity contribution is 1.31. The second-order valence-electron chi connectivity index (χ2n) is 3.44. The minimum absolute atomic E-state index is 0.736. The summed E-state index contributed by atoms with van der Waals surface area (Å²) in [5, 5.41) is 5.02. The predicted molar refractivity (Wildman–Crippen MR) is 70.1 cm³/mol. The first kappa shape index (κ1) is 11.0. The van der Waals surface area contributed by atoms with E-state index in [1.54, 1.807) is 6.20 Å². The van der Waals surface area contributed by atoms with Crippen molar-refractivity contribution < 1.29 is 0 Å². The molecule has 2 nitrogen and oxygen atoms in total. The van der Waals surface area contributed by atoms with Crippen molar-refractivity contribution >= 4 is 28.2 Å². The average molecular weight is 233 g/mol. The lowest BCUT2D eigenvalue weighted by atomic mass is 10.2. The Morgan fingerprint density at radius 2 is 2.25 bits per heavy atom. The highest BCUT2D eigenvalue weighted by Gasteiger charge is 2.03. The van der Waals surface area contributed by atoms with Gasteiger partial charge in [0.1, 0.15) is 0 Å². The quantitative estimate of drug-likeness (QED) is 0.813. The Hall–Kier alpha value is -1.54. The normalized spacial score (nSPS) is 11.1. The van der Waals surface area contributed by atoms with E-state index < -0.39 is 0 Å². The zero-order valence-electron chi connectivity index (χ0n) is 9.07. The van der Waals surface area contributed by atoms with Gasteiger partial charge in [0, 0.05) is 18.1 Å². The maximum Gasteiger partial charge on any atom is 0.0948 e. The lowest BCUT2D eigenvalue weighted by Crippen LogP contribution is -1.99. The highest BCUT2D eigenvalue weighted by Crippen LogP contribution is 2.27. The maximum atomic E-state index is 6.11. The van der Waals surface area contributed by atoms with E-state index in [0.29, 0.717) is 0 Å². The molecule has 1 aromatic carbocycles. The molecule has 1 aromatic heterocycles. The molecule has 2 rings (SSSR count). The third-order valence-electron chi connectivity index (χ3n) is 2.36. The molecule has 0 amide bonds. The van der Waals surface area contributed by atoms with Crippen molar-refractivity contribution in [3.63, 3.8) is 0 Å². The molecule has 82 valence electrons. The van der Waals surface area contributed by atoms with Crippen molar-refractivity contribution in [3.05, 3.63) is 47.6 Å². The first-order valence-corrected chi connectivity index (χ1v) is 5.59. The van der Waals surface area contributed by atoms with E-state index in [-0.39, 0.29) is 0 Å². The molecular formula is C13H13ClN2. The van der Waals surface area contributed by atoms with Crippen molar-refractivity contribution in [2.45, 2.75) is 6.92 Å². The first-order valence-electron chi connectivity index (χ1n) is 5.21. The van der Waals surface area contributed by atoms with Crippen LogP contribution in [0.2, 0.25) is 5.02 Å². The molecule has 0 saturated heterocycles. The van der Waals surface area contributed by atoms with E-state index in [1.165, 1.54) is 0 Å². The Labute approximate surface area is 100.0 Å². The number of anilines is 1. The molecule has 0 saturated carbocycles. The molecular weight excluding hydrogens is 220 g/mol. The molecule has 1 N–H and O–H groups in total. The molecule has 0 radical (unpaired) electrons. The van der Waals surface area contributed by atoms with Gasteiger partial charge >= 0.3 is 0 Å². The van der Waals surface area contributed by atoms with Crippen LogP contribution in [0.4, 0.5) is 5.69 Å². The van der Waals surface area contributed by atoms with Gasteiger partial charge in [0.25, 0.3) is 0 Å². The van der Waals surface area contributed by atoms with Crippen LogP contribution in [-0.2, 0) is 0 Å². The zero-order chi connectivity index (χ0) is 11.4. The van der Waals surface area contributed by atoms with E-state index in [4.69, 9.17) is 11.6 Å². The van der Waals surface area contributed by atoms with Crippen molar-refractivity contribution in [2.24, 2.45) is 0 Å². The zero-order valence-corrected chi connectivity index (χ0v) is 9.83. The van der Waals surface area contributed by atoms with Gasteiger partial charge in [0.2, 0.25) is 0 Å². The Balaban J connectivity index is 2.42. The summed E-state index contributed by atoms with van der Waals surface area (Å²) in [6.45, 7) is 2.80. The second-order valence-corrected chi connectivity index (χ2v) is 3.85. The monoisotopic (exact) mass is 232 g/mol. The van der Waals surface area contributed by atoms with E-state index in [2.05, 4.69) is 16.4 Å². The van der Waals surface area contributed by atoms with Gasteiger partial charge in [0.15, 0.2) is 0 Å². The summed E-state index contributed by atoms with van der Waals surface area (Å²) in [5.74, 6) is 0. The number of fused-ring (bicyclic) bond motifs is 1. The summed E-state index contributed by atoms with van der Waals surface area (Å²) in [6, 6.07) is 7.72. The number of pyridine rings is 1. The van der Waals surface area contributed by atoms with Crippen LogP contribution in [0.25, 0.3) is 10.9 Å². The minimum atomic E-state index is 0.736. The van der Waals surface area contributed by atoms with Gasteiger partial charge in [-0.3, -0.25) is 4.98 Å². The number of hydrogen-bond acceptors (Lipinski definition) is 2. The second kappa shape index (κ2) is 4.99. The standard InChI is InChI=1S/C13H13ClN2/c1-2-3-8-15-12-7-6-11(14)10-5-4-9-16-13(10)12/h2-7,9,15H,8H2,1H3/b3-2+. The summed E-state index contributed by atoms with van der Waals surface area (Å²) in [7, 11) is 0. The highest BCUT2D eigenvalue weighted by atomic mass is 35.5. The summed E-state index contributed by atoms with van der Waals surface area (Å²) in [5.41, 5.74) is 1.93. The number of hydrogen-bond donors (Lipinski definition) is 1. The van der Waals surface area contributed by atoms with Crippen LogP contribution in [0.15, 0.2) is 42.6 Å². The molecule has 3 heteroatoms. The molecule has 0 spiro atoms. The van der Waals surface area contributed by atoms with Crippen molar-refractivity contribution in [3.8, 4) is 0 Å². The maximum absolute atomic E-state index is 6.11. The molecule has 16 heavy (non-hydrogen) atoms. The van der Waals surface area contributed by atoms with Crippen molar-refractivity contribution in [1.29, 1.82) is 0 Å². The van der Waals surface area contributed by atoms with Gasteiger partial charge < -0.3 is 5.32 Å². The molecule has 0 aliphatic carbocycles. The van der Waals surface area contributed by atoms with Gasteiger partial charge in [-0.15, -0.1) is 0 Å². The molecule has 0 aliphatic heterocycles. The SMILES string of the molecule is C/C=C/CNc1ccc(Cl)c2cccnc12. The third-order valence-corrected chi connectivity index (χ3v) is 2.69. The van der Waals surface area contributed by atoms with Crippen LogP contribution in [0.1, 0.15) is 6.92 Å². The summed E-state index contributed by atoms with van der Waals surface area (Å²) < 4.78 is 0. The van der Waals surface area contributed by atoms with Gasteiger partial charge in [-0.05, 0) is 31.2 Å². The highest BCUT2D eigenvalue weighted by molar-refractivity contribution is 6.35. The smallest absolute Gasteiger partial charge is 0.0948 e. The van der Waals surface area contributed by atoms with Crippen LogP contribution in [0, 0.1) is 0 Å².